The number of anilines is 1. The molecule has 182 valence electrons. The van der Waals surface area contributed by atoms with Gasteiger partial charge in [-0.15, -0.1) is 0 Å². The summed E-state index contributed by atoms with van der Waals surface area (Å²) in [6.07, 6.45) is 0. The highest BCUT2D eigenvalue weighted by molar-refractivity contribution is 7.92. The summed E-state index contributed by atoms with van der Waals surface area (Å²) in [5, 5.41) is 0.200. The van der Waals surface area contributed by atoms with E-state index in [1.54, 1.807) is 35.2 Å². The summed E-state index contributed by atoms with van der Waals surface area (Å²) in [4.78, 5) is 17.3. The fraction of sp³-hybridized carbons (Fsp3) is 0.240. The van der Waals surface area contributed by atoms with Gasteiger partial charge < -0.3 is 14.4 Å². The first-order chi connectivity index (χ1) is 16.9. The number of carbonyl (C=O) groups excluding carboxylic acids is 1. The molecular weight excluding hydrogens is 490 g/mol. The molecule has 3 aromatic carbocycles. The van der Waals surface area contributed by atoms with Gasteiger partial charge in [0, 0.05) is 32.7 Å². The highest BCUT2D eigenvalue weighted by atomic mass is 35.5. The van der Waals surface area contributed by atoms with Crippen molar-refractivity contribution in [3.63, 3.8) is 0 Å². The molecule has 0 unspecified atom stereocenters. The van der Waals surface area contributed by atoms with E-state index in [1.165, 1.54) is 18.2 Å². The van der Waals surface area contributed by atoms with Crippen LogP contribution in [0, 0.1) is 0 Å². The number of benzene rings is 3. The zero-order chi connectivity index (χ0) is 24.4. The normalized spacial score (nSPS) is 15.7. The number of nitrogens with one attached hydrogen (secondary N) is 1. The first-order valence-corrected chi connectivity index (χ1v) is 13.0. The Morgan fingerprint density at radius 1 is 0.914 bits per heavy atom. The third-order valence-electron chi connectivity index (χ3n) is 6.01. The molecule has 35 heavy (non-hydrogen) atoms. The van der Waals surface area contributed by atoms with Crippen molar-refractivity contribution in [1.29, 1.82) is 0 Å². The highest BCUT2D eigenvalue weighted by Crippen LogP contribution is 2.33. The lowest BCUT2D eigenvalue weighted by molar-refractivity contribution is 0.0628. The Balaban J connectivity index is 1.19. The lowest BCUT2D eigenvalue weighted by atomic mass is 10.1. The molecule has 2 heterocycles. The van der Waals surface area contributed by atoms with Gasteiger partial charge in [-0.3, -0.25) is 14.4 Å². The minimum atomic E-state index is -3.74. The van der Waals surface area contributed by atoms with Gasteiger partial charge in [-0.2, -0.15) is 0 Å². The summed E-state index contributed by atoms with van der Waals surface area (Å²) >= 11 is 6.39. The molecule has 0 atom stereocenters. The first kappa shape index (κ1) is 23.5. The number of nitrogens with zero attached hydrogens (tertiary/aromatic N) is 2. The van der Waals surface area contributed by atoms with E-state index in [4.69, 9.17) is 21.1 Å². The molecule has 8 nitrogen and oxygen atoms in total. The van der Waals surface area contributed by atoms with Crippen LogP contribution in [-0.4, -0.2) is 57.1 Å². The Bertz CT molecular complexity index is 1340. The van der Waals surface area contributed by atoms with Gasteiger partial charge in [0.05, 0.1) is 21.2 Å². The molecule has 0 spiro atoms. The number of hydrogen-bond donors (Lipinski definition) is 1. The third kappa shape index (κ3) is 5.22. The van der Waals surface area contributed by atoms with Crippen LogP contribution < -0.4 is 14.2 Å². The quantitative estimate of drug-likeness (QED) is 0.539. The molecule has 1 N–H and O–H groups in total. The standard InChI is InChI=1S/C25H24ClN3O5S/c26-22-15-19(27-35(31,32)20-4-2-1-3-5-20)7-8-21(22)25(30)29-12-10-28(11-13-29)16-18-6-9-23-24(14-18)34-17-33-23/h1-9,14-15,27H,10-13,16-17H2. The number of amides is 1. The van der Waals surface area contributed by atoms with E-state index in [9.17, 15) is 13.2 Å². The van der Waals surface area contributed by atoms with Crippen molar-refractivity contribution in [2.75, 3.05) is 37.7 Å². The minimum Gasteiger partial charge on any atom is -0.454 e. The molecule has 2 aliphatic heterocycles. The maximum absolute atomic E-state index is 13.1. The Labute approximate surface area is 209 Å². The number of rotatable bonds is 6. The molecule has 1 fully saturated rings. The predicted octanol–water partition coefficient (Wildman–Crippen LogP) is 3.83. The summed E-state index contributed by atoms with van der Waals surface area (Å²) in [5.74, 6) is 1.36. The largest absolute Gasteiger partial charge is 0.454 e. The molecule has 0 radical (unpaired) electrons. The van der Waals surface area contributed by atoms with E-state index >= 15 is 0 Å². The Hall–Kier alpha value is -3.27. The summed E-state index contributed by atoms with van der Waals surface area (Å²) in [7, 11) is -3.74. The molecule has 0 aromatic heterocycles. The van der Waals surface area contributed by atoms with Crippen LogP contribution in [0.25, 0.3) is 0 Å². The van der Waals surface area contributed by atoms with Gasteiger partial charge in [-0.1, -0.05) is 35.9 Å². The van der Waals surface area contributed by atoms with Gasteiger partial charge >= 0.3 is 0 Å². The number of hydrogen-bond acceptors (Lipinski definition) is 6. The summed E-state index contributed by atoms with van der Waals surface area (Å²) in [6.45, 7) is 3.61. The zero-order valence-electron chi connectivity index (χ0n) is 18.8. The lowest BCUT2D eigenvalue weighted by Crippen LogP contribution is -2.48. The smallest absolute Gasteiger partial charge is 0.261 e. The van der Waals surface area contributed by atoms with Gasteiger partial charge in [0.2, 0.25) is 6.79 Å². The van der Waals surface area contributed by atoms with Crippen molar-refractivity contribution in [2.24, 2.45) is 0 Å². The SMILES string of the molecule is O=C(c1ccc(NS(=O)(=O)c2ccccc2)cc1Cl)N1CCN(Cc2ccc3c(c2)OCO3)CC1. The molecule has 0 aliphatic carbocycles. The van der Waals surface area contributed by atoms with Crippen molar-refractivity contribution in [3.8, 4) is 11.5 Å². The minimum absolute atomic E-state index is 0.148. The second-order valence-electron chi connectivity index (χ2n) is 8.37. The van der Waals surface area contributed by atoms with E-state index in [-0.39, 0.29) is 22.6 Å². The van der Waals surface area contributed by atoms with Crippen LogP contribution >= 0.6 is 11.6 Å². The van der Waals surface area contributed by atoms with E-state index in [0.717, 1.165) is 36.7 Å². The van der Waals surface area contributed by atoms with Gasteiger partial charge in [0.25, 0.3) is 15.9 Å². The fourth-order valence-corrected chi connectivity index (χ4v) is 5.47. The van der Waals surface area contributed by atoms with E-state index in [2.05, 4.69) is 9.62 Å². The van der Waals surface area contributed by atoms with Crippen LogP contribution in [0.1, 0.15) is 15.9 Å². The highest BCUT2D eigenvalue weighted by Gasteiger charge is 2.25. The summed E-state index contributed by atoms with van der Waals surface area (Å²) < 4.78 is 38.4. The van der Waals surface area contributed by atoms with E-state index in [0.29, 0.717) is 24.3 Å². The van der Waals surface area contributed by atoms with Crippen LogP contribution in [0.15, 0.2) is 71.6 Å². The summed E-state index contributed by atoms with van der Waals surface area (Å²) in [6, 6.07) is 18.6. The molecule has 3 aromatic rings. The van der Waals surface area contributed by atoms with Crippen molar-refractivity contribution in [3.05, 3.63) is 82.9 Å². The van der Waals surface area contributed by atoms with Gasteiger partial charge in [-0.05, 0) is 48.0 Å². The van der Waals surface area contributed by atoms with Gasteiger partial charge in [0.15, 0.2) is 11.5 Å². The average molecular weight is 514 g/mol. The van der Waals surface area contributed by atoms with Crippen molar-refractivity contribution in [2.45, 2.75) is 11.4 Å². The lowest BCUT2D eigenvalue weighted by Gasteiger charge is -2.35. The Morgan fingerprint density at radius 2 is 1.66 bits per heavy atom. The zero-order valence-corrected chi connectivity index (χ0v) is 20.4. The number of piperazine rings is 1. The molecular formula is C25H24ClN3O5S. The van der Waals surface area contributed by atoms with E-state index < -0.39 is 10.0 Å². The number of fused-ring (bicyclic) bond motifs is 1. The molecule has 10 heteroatoms. The monoisotopic (exact) mass is 513 g/mol. The Morgan fingerprint density at radius 3 is 2.40 bits per heavy atom. The van der Waals surface area contributed by atoms with Gasteiger partial charge in [-0.25, -0.2) is 8.42 Å². The van der Waals surface area contributed by atoms with E-state index in [1.807, 2.05) is 18.2 Å². The fourth-order valence-electron chi connectivity index (χ4n) is 4.14. The molecule has 0 saturated carbocycles. The third-order valence-corrected chi connectivity index (χ3v) is 7.72. The molecule has 1 amide bonds. The number of carbonyl (C=O) groups is 1. The number of sulfonamides is 1. The molecule has 0 bridgehead atoms. The second kappa shape index (κ2) is 9.77. The van der Waals surface area contributed by atoms with Crippen molar-refractivity contribution < 1.29 is 22.7 Å². The van der Waals surface area contributed by atoms with Crippen LogP contribution in [0.5, 0.6) is 11.5 Å². The molecule has 1 saturated heterocycles. The maximum atomic E-state index is 13.1. The Kier molecular flexibility index (Phi) is 6.55. The van der Waals surface area contributed by atoms with Crippen LogP contribution in [0.3, 0.4) is 0 Å². The van der Waals surface area contributed by atoms with Crippen molar-refractivity contribution in [1.82, 2.24) is 9.80 Å². The predicted molar refractivity (Wildman–Crippen MR) is 132 cm³/mol. The average Bonchev–Trinajstić information content (AvgIpc) is 3.33. The number of ether oxygens (including phenoxy) is 2. The van der Waals surface area contributed by atoms with Crippen molar-refractivity contribution >= 4 is 33.2 Å². The number of halogens is 1. The summed E-state index contributed by atoms with van der Waals surface area (Å²) in [5.41, 5.74) is 1.77. The topological polar surface area (TPSA) is 88.2 Å². The molecule has 2 aliphatic rings. The van der Waals surface area contributed by atoms with Crippen LogP contribution in [0.4, 0.5) is 5.69 Å². The molecule has 5 rings (SSSR count). The first-order valence-electron chi connectivity index (χ1n) is 11.2. The second-order valence-corrected chi connectivity index (χ2v) is 10.5. The van der Waals surface area contributed by atoms with Crippen LogP contribution in [0.2, 0.25) is 5.02 Å². The maximum Gasteiger partial charge on any atom is 0.261 e. The van der Waals surface area contributed by atoms with Crippen LogP contribution in [-0.2, 0) is 16.6 Å². The van der Waals surface area contributed by atoms with Gasteiger partial charge in [0.1, 0.15) is 0 Å².